The lowest BCUT2D eigenvalue weighted by atomic mass is 9.93. The zero-order valence-electron chi connectivity index (χ0n) is 34.9. The van der Waals surface area contributed by atoms with E-state index < -0.39 is 18.0 Å². The number of ether oxygens (including phenoxy) is 1. The molecule has 14 nitrogen and oxygen atoms in total. The lowest BCUT2D eigenvalue weighted by Crippen LogP contribution is -2.51. The lowest BCUT2D eigenvalue weighted by Gasteiger charge is -2.42. The molecule has 3 aromatic carbocycles. The second-order valence-corrected chi connectivity index (χ2v) is 17.1. The number of carbonyl (C=O) groups excluding carboxylic acids is 3. The number of fused-ring (bicyclic) bond motifs is 1. The standard InChI is InChI=1S/C46H51F2N9O5/c1-28-22-31(10-11-32(28)40-26-55(20-21-62-40)38-24-35(51-52-43(38)49)33-6-3-4-9-39(33)58)44(60)54-17-12-30(13-18-54)25-53-16-14-41(46(47,48)27-53)57-29(2)23-34-36(7-5-8-37(34)57)56-19-15-42(59)50-45(56)61/h3-11,22-24,30,40-41,58H,12-21,25-27H2,1-2H3,(H2,49,52)(H,50,59,61)/t40-,41?/m0/s1. The maximum atomic E-state index is 16.2. The van der Waals surface area contributed by atoms with E-state index in [1.807, 2.05) is 66.1 Å². The van der Waals surface area contributed by atoms with Crippen molar-refractivity contribution in [2.75, 3.05) is 74.5 Å². The summed E-state index contributed by atoms with van der Waals surface area (Å²) < 4.78 is 40.3. The van der Waals surface area contributed by atoms with E-state index in [0.717, 1.165) is 24.0 Å². The number of aromatic nitrogens is 3. The number of imide groups is 1. The summed E-state index contributed by atoms with van der Waals surface area (Å²) in [6.45, 7) is 7.43. The van der Waals surface area contributed by atoms with Crippen LogP contribution in [-0.4, -0.2) is 112 Å². The molecule has 324 valence electrons. The van der Waals surface area contributed by atoms with Gasteiger partial charge in [0.2, 0.25) is 5.91 Å². The fourth-order valence-corrected chi connectivity index (χ4v) is 9.84. The molecular weight excluding hydrogens is 797 g/mol. The summed E-state index contributed by atoms with van der Waals surface area (Å²) in [6, 6.07) is 20.2. The SMILES string of the molecule is Cc1cc(C(=O)N2CCC(CN3CCC(n4c(C)cc5c(N6CCC(=O)NC6=O)cccc54)C(F)(F)C3)CC2)ccc1[C@@H]1CN(c2cc(-c3ccccc3O)nnc2N)CCO1. The third-order valence-corrected chi connectivity index (χ3v) is 13.0. The van der Waals surface area contributed by atoms with E-state index in [4.69, 9.17) is 10.5 Å². The highest BCUT2D eigenvalue weighted by Crippen LogP contribution is 2.42. The van der Waals surface area contributed by atoms with E-state index in [2.05, 4.69) is 20.4 Å². The van der Waals surface area contributed by atoms with E-state index >= 15 is 8.78 Å². The van der Waals surface area contributed by atoms with Gasteiger partial charge >= 0.3 is 6.03 Å². The number of benzene rings is 3. The van der Waals surface area contributed by atoms with Crippen LogP contribution in [0.15, 0.2) is 72.8 Å². The van der Waals surface area contributed by atoms with Crippen LogP contribution >= 0.6 is 0 Å². The number of hydrogen-bond donors (Lipinski definition) is 3. The molecule has 4 aliphatic heterocycles. The normalized spacial score (nSPS) is 21.4. The predicted molar refractivity (Wildman–Crippen MR) is 231 cm³/mol. The predicted octanol–water partition coefficient (Wildman–Crippen LogP) is 6.46. The molecule has 0 saturated carbocycles. The fraction of sp³-hybridized carbons (Fsp3) is 0.413. The number of aromatic hydroxyl groups is 1. The van der Waals surface area contributed by atoms with Crippen molar-refractivity contribution in [3.05, 3.63) is 95.2 Å². The van der Waals surface area contributed by atoms with Gasteiger partial charge in [0.05, 0.1) is 35.7 Å². The fourth-order valence-electron chi connectivity index (χ4n) is 9.84. The molecule has 4 fully saturated rings. The first-order chi connectivity index (χ1) is 29.8. The van der Waals surface area contributed by atoms with Crippen LogP contribution in [0.3, 0.4) is 0 Å². The number of urea groups is 1. The number of piperidine rings is 2. The smallest absolute Gasteiger partial charge is 0.328 e. The van der Waals surface area contributed by atoms with Crippen LogP contribution in [0, 0.1) is 19.8 Å². The van der Waals surface area contributed by atoms with Crippen LogP contribution in [0.25, 0.3) is 22.2 Å². The van der Waals surface area contributed by atoms with Crippen molar-refractivity contribution in [3.8, 4) is 17.0 Å². The largest absolute Gasteiger partial charge is 0.507 e. The molecule has 62 heavy (non-hydrogen) atoms. The van der Waals surface area contributed by atoms with Crippen molar-refractivity contribution in [3.63, 3.8) is 0 Å². The van der Waals surface area contributed by atoms with Crippen molar-refractivity contribution in [1.82, 2.24) is 29.9 Å². The Labute approximate surface area is 358 Å². The number of nitrogens with one attached hydrogen (secondary N) is 1. The maximum Gasteiger partial charge on any atom is 0.328 e. The molecule has 0 bridgehead atoms. The zero-order valence-corrected chi connectivity index (χ0v) is 34.9. The first-order valence-electron chi connectivity index (χ1n) is 21.3. The summed E-state index contributed by atoms with van der Waals surface area (Å²) in [5.74, 6) is -2.79. The summed E-state index contributed by atoms with van der Waals surface area (Å²) in [6.07, 6.45) is 1.64. The monoisotopic (exact) mass is 847 g/mol. The Balaban J connectivity index is 0.799. The van der Waals surface area contributed by atoms with Crippen molar-refractivity contribution in [1.29, 1.82) is 0 Å². The molecule has 5 aromatic rings. The topological polar surface area (TPSA) is 162 Å². The number of carbonyl (C=O) groups is 3. The summed E-state index contributed by atoms with van der Waals surface area (Å²) in [5, 5.41) is 21.9. The number of alkyl halides is 2. The van der Waals surface area contributed by atoms with E-state index in [-0.39, 0.29) is 61.3 Å². The summed E-state index contributed by atoms with van der Waals surface area (Å²) >= 11 is 0. The number of nitrogen functional groups attached to an aromatic ring is 1. The van der Waals surface area contributed by atoms with Gasteiger partial charge in [0.15, 0.2) is 5.82 Å². The van der Waals surface area contributed by atoms with Gasteiger partial charge in [-0.25, -0.2) is 13.6 Å². The Morgan fingerprint density at radius 2 is 1.74 bits per heavy atom. The van der Waals surface area contributed by atoms with Gasteiger partial charge in [-0.1, -0.05) is 24.3 Å². The van der Waals surface area contributed by atoms with Crippen molar-refractivity contribution < 1.29 is 33.0 Å². The number of para-hydroxylation sites is 1. The highest BCUT2D eigenvalue weighted by molar-refractivity contribution is 6.09. The number of nitrogens with zero attached hydrogens (tertiary/aromatic N) is 7. The van der Waals surface area contributed by atoms with Crippen LogP contribution in [0.5, 0.6) is 5.75 Å². The van der Waals surface area contributed by atoms with Crippen LogP contribution < -0.4 is 20.9 Å². The Hall–Kier alpha value is -6.13. The lowest BCUT2D eigenvalue weighted by molar-refractivity contribution is -0.120. The molecule has 2 aromatic heterocycles. The Kier molecular flexibility index (Phi) is 11.1. The number of amides is 4. The van der Waals surface area contributed by atoms with Crippen molar-refractivity contribution in [2.24, 2.45) is 5.92 Å². The number of anilines is 3. The van der Waals surface area contributed by atoms with Crippen LogP contribution in [0.2, 0.25) is 0 Å². The molecule has 0 radical (unpaired) electrons. The number of morpholine rings is 1. The minimum Gasteiger partial charge on any atom is -0.507 e. The number of phenolic OH excluding ortho intramolecular Hbond substituents is 1. The zero-order chi connectivity index (χ0) is 43.3. The van der Waals surface area contributed by atoms with Crippen molar-refractivity contribution in [2.45, 2.75) is 57.6 Å². The second-order valence-electron chi connectivity index (χ2n) is 17.1. The first-order valence-corrected chi connectivity index (χ1v) is 21.3. The maximum absolute atomic E-state index is 16.2. The number of likely N-dealkylation sites (tertiary alicyclic amines) is 2. The minimum atomic E-state index is -3.00. The van der Waals surface area contributed by atoms with Gasteiger partial charge in [-0.05, 0) is 98.7 Å². The molecule has 16 heteroatoms. The van der Waals surface area contributed by atoms with Gasteiger partial charge in [-0.2, -0.15) is 0 Å². The highest BCUT2D eigenvalue weighted by Gasteiger charge is 2.47. The molecule has 0 aliphatic carbocycles. The van der Waals surface area contributed by atoms with Gasteiger partial charge in [-0.15, -0.1) is 10.2 Å². The quantitative estimate of drug-likeness (QED) is 0.158. The Bertz CT molecular complexity index is 2540. The van der Waals surface area contributed by atoms with E-state index in [1.54, 1.807) is 34.9 Å². The number of halogens is 2. The second kappa shape index (κ2) is 16.6. The highest BCUT2D eigenvalue weighted by atomic mass is 19.3. The van der Waals surface area contributed by atoms with Gasteiger partial charge in [-0.3, -0.25) is 24.7 Å². The molecule has 0 spiro atoms. The van der Waals surface area contributed by atoms with Crippen LogP contribution in [0.4, 0.5) is 30.8 Å². The van der Waals surface area contributed by atoms with Crippen molar-refractivity contribution >= 4 is 45.9 Å². The summed E-state index contributed by atoms with van der Waals surface area (Å²) in [5.41, 5.74) is 12.5. The third-order valence-electron chi connectivity index (χ3n) is 13.0. The Morgan fingerprint density at radius 3 is 2.50 bits per heavy atom. The number of phenols is 1. The van der Waals surface area contributed by atoms with E-state index in [9.17, 15) is 19.5 Å². The summed E-state index contributed by atoms with van der Waals surface area (Å²) in [4.78, 5) is 45.5. The molecule has 4 saturated heterocycles. The van der Waals surface area contributed by atoms with Gasteiger partial charge in [0, 0.05) is 74.4 Å². The van der Waals surface area contributed by atoms with Gasteiger partial charge < -0.3 is 29.9 Å². The minimum absolute atomic E-state index is 0.0455. The van der Waals surface area contributed by atoms with E-state index in [1.165, 1.54) is 4.90 Å². The molecule has 1 unspecified atom stereocenters. The molecule has 6 heterocycles. The van der Waals surface area contributed by atoms with Crippen LogP contribution in [-0.2, 0) is 9.53 Å². The average molecular weight is 848 g/mol. The summed E-state index contributed by atoms with van der Waals surface area (Å²) in [7, 11) is 0. The molecule has 4 aliphatic rings. The number of nitrogens with two attached hydrogens (primary N) is 1. The number of hydrogen-bond acceptors (Lipinski definition) is 10. The Morgan fingerprint density at radius 1 is 0.935 bits per heavy atom. The van der Waals surface area contributed by atoms with Crippen LogP contribution in [0.1, 0.15) is 65.0 Å². The molecular formula is C46H51F2N9O5. The number of aryl methyl sites for hydroxylation is 2. The first kappa shape index (κ1) is 41.2. The van der Waals surface area contributed by atoms with E-state index in [0.29, 0.717) is 90.7 Å². The molecule has 4 amide bonds. The molecule has 4 N–H and O–H groups in total. The van der Waals surface area contributed by atoms with Gasteiger partial charge in [0.1, 0.15) is 17.9 Å². The number of rotatable bonds is 8. The average Bonchev–Trinajstić information content (AvgIpc) is 3.59. The molecule has 2 atom stereocenters. The van der Waals surface area contributed by atoms with Gasteiger partial charge in [0.25, 0.3) is 11.8 Å². The third kappa shape index (κ3) is 7.92. The molecule has 9 rings (SSSR count).